The summed E-state index contributed by atoms with van der Waals surface area (Å²) in [6.07, 6.45) is 4.56. The summed E-state index contributed by atoms with van der Waals surface area (Å²) in [5, 5.41) is 12.4. The highest BCUT2D eigenvalue weighted by Gasteiger charge is 2.44. The van der Waals surface area contributed by atoms with Gasteiger partial charge in [-0.05, 0) is 41.3 Å². The van der Waals surface area contributed by atoms with Gasteiger partial charge in [0.25, 0.3) is 5.91 Å². The number of carbonyl (C=O) groups is 2. The molecule has 130 valence electrons. The average molecular weight is 366 g/mol. The van der Waals surface area contributed by atoms with Crippen LogP contribution in [0.3, 0.4) is 0 Å². The number of pyridine rings is 1. The number of hydrogen-bond donors (Lipinski definition) is 1. The molecule has 1 atom stereocenters. The molecule has 0 aliphatic carbocycles. The lowest BCUT2D eigenvalue weighted by Gasteiger charge is -2.26. The fourth-order valence-electron chi connectivity index (χ4n) is 3.05. The van der Waals surface area contributed by atoms with Gasteiger partial charge in [0.1, 0.15) is 0 Å². The number of ketones is 1. The zero-order chi connectivity index (χ0) is 18.1. The molecule has 1 unspecified atom stereocenters. The van der Waals surface area contributed by atoms with Crippen LogP contribution in [0.15, 0.2) is 76.2 Å². The summed E-state index contributed by atoms with van der Waals surface area (Å²) in [5.41, 5.74) is 0.719. The first kappa shape index (κ1) is 16.3. The normalized spacial score (nSPS) is 17.2. The molecule has 0 saturated carbocycles. The van der Waals surface area contributed by atoms with E-state index < -0.39 is 23.5 Å². The van der Waals surface area contributed by atoms with Gasteiger partial charge in [-0.3, -0.25) is 14.6 Å². The topological polar surface area (TPSA) is 83.6 Å². The summed E-state index contributed by atoms with van der Waals surface area (Å²) < 4.78 is 5.18. The highest BCUT2D eigenvalue weighted by atomic mass is 32.1. The number of Topliss-reactive ketones (excluding diaryl/α,β-unsaturated/α-hetero) is 1. The lowest BCUT2D eigenvalue weighted by atomic mass is 9.96. The Labute approximate surface area is 153 Å². The number of carbonyl (C=O) groups excluding carboxylic acids is 2. The molecule has 0 bridgehead atoms. The van der Waals surface area contributed by atoms with E-state index in [4.69, 9.17) is 4.42 Å². The number of nitrogens with zero attached hydrogens (tertiary/aromatic N) is 2. The van der Waals surface area contributed by atoms with E-state index in [1.54, 1.807) is 30.6 Å². The van der Waals surface area contributed by atoms with Gasteiger partial charge in [0.05, 0.1) is 24.4 Å². The van der Waals surface area contributed by atoms with E-state index in [-0.39, 0.29) is 11.3 Å². The van der Waals surface area contributed by atoms with Gasteiger partial charge in [-0.1, -0.05) is 6.07 Å². The Bertz CT molecular complexity index is 962. The molecule has 7 heteroatoms. The molecule has 3 aromatic heterocycles. The molecule has 3 aromatic rings. The SMILES string of the molecule is O=C(C1=C(O)C(=O)N(Cc2cccs2)C1c1ccncc1)c1ccco1. The van der Waals surface area contributed by atoms with Crippen LogP contribution in [0.4, 0.5) is 0 Å². The molecule has 1 N–H and O–H groups in total. The second kappa shape index (κ2) is 6.61. The van der Waals surface area contributed by atoms with Gasteiger partial charge in [0, 0.05) is 17.3 Å². The van der Waals surface area contributed by atoms with Gasteiger partial charge in [0.2, 0.25) is 5.78 Å². The highest BCUT2D eigenvalue weighted by Crippen LogP contribution is 2.40. The van der Waals surface area contributed by atoms with Crippen LogP contribution in [-0.4, -0.2) is 26.7 Å². The Hall–Kier alpha value is -3.19. The molecule has 1 aliphatic heterocycles. The third-order valence-corrected chi connectivity index (χ3v) is 5.08. The largest absolute Gasteiger partial charge is 0.503 e. The third-order valence-electron chi connectivity index (χ3n) is 4.22. The fraction of sp³-hybridized carbons (Fsp3) is 0.105. The van der Waals surface area contributed by atoms with Crippen LogP contribution >= 0.6 is 11.3 Å². The van der Waals surface area contributed by atoms with Gasteiger partial charge in [-0.25, -0.2) is 0 Å². The van der Waals surface area contributed by atoms with Crippen molar-refractivity contribution in [3.63, 3.8) is 0 Å². The summed E-state index contributed by atoms with van der Waals surface area (Å²) in [5.74, 6) is -1.53. The van der Waals surface area contributed by atoms with Gasteiger partial charge >= 0.3 is 0 Å². The first-order chi connectivity index (χ1) is 12.7. The van der Waals surface area contributed by atoms with Crippen LogP contribution in [0.1, 0.15) is 27.0 Å². The third kappa shape index (κ3) is 2.72. The maximum atomic E-state index is 12.9. The molecule has 1 aliphatic rings. The molecule has 1 amide bonds. The maximum Gasteiger partial charge on any atom is 0.290 e. The van der Waals surface area contributed by atoms with E-state index >= 15 is 0 Å². The van der Waals surface area contributed by atoms with Crippen molar-refractivity contribution in [2.45, 2.75) is 12.6 Å². The Morgan fingerprint density at radius 1 is 1.23 bits per heavy atom. The molecular weight excluding hydrogens is 352 g/mol. The van der Waals surface area contributed by atoms with E-state index in [9.17, 15) is 14.7 Å². The lowest BCUT2D eigenvalue weighted by Crippen LogP contribution is -2.30. The summed E-state index contributed by atoms with van der Waals surface area (Å²) in [6, 6.07) is 9.66. The van der Waals surface area contributed by atoms with Crippen LogP contribution in [0, 0.1) is 0 Å². The lowest BCUT2D eigenvalue weighted by molar-refractivity contribution is -0.130. The summed E-state index contributed by atoms with van der Waals surface area (Å²) in [4.78, 5) is 32.1. The summed E-state index contributed by atoms with van der Waals surface area (Å²) in [6.45, 7) is 0.294. The van der Waals surface area contributed by atoms with Gasteiger partial charge in [-0.15, -0.1) is 11.3 Å². The number of aliphatic hydroxyl groups is 1. The Morgan fingerprint density at radius 2 is 2.04 bits per heavy atom. The minimum atomic E-state index is -0.704. The number of rotatable bonds is 5. The fourth-order valence-corrected chi connectivity index (χ4v) is 3.75. The van der Waals surface area contributed by atoms with Crippen molar-refractivity contribution in [3.8, 4) is 0 Å². The van der Waals surface area contributed by atoms with Gasteiger partial charge < -0.3 is 14.4 Å². The molecule has 0 aromatic carbocycles. The zero-order valence-corrected chi connectivity index (χ0v) is 14.3. The number of hydrogen-bond acceptors (Lipinski definition) is 6. The monoisotopic (exact) mass is 366 g/mol. The Balaban J connectivity index is 1.80. The second-order valence-corrected chi connectivity index (χ2v) is 6.80. The van der Waals surface area contributed by atoms with Crippen LogP contribution in [-0.2, 0) is 11.3 Å². The van der Waals surface area contributed by atoms with Crippen LogP contribution < -0.4 is 0 Å². The van der Waals surface area contributed by atoms with Crippen molar-refractivity contribution >= 4 is 23.0 Å². The van der Waals surface area contributed by atoms with Crippen LogP contribution in [0.5, 0.6) is 0 Å². The quantitative estimate of drug-likeness (QED) is 0.699. The van der Waals surface area contributed by atoms with Crippen molar-refractivity contribution in [2.75, 3.05) is 0 Å². The number of furan rings is 1. The van der Waals surface area contributed by atoms with E-state index in [0.717, 1.165) is 4.88 Å². The Kier molecular flexibility index (Phi) is 4.14. The molecule has 0 saturated heterocycles. The van der Waals surface area contributed by atoms with Crippen LogP contribution in [0.2, 0.25) is 0 Å². The molecule has 0 fully saturated rings. The molecule has 4 rings (SSSR count). The van der Waals surface area contributed by atoms with Crippen molar-refractivity contribution < 1.29 is 19.1 Å². The summed E-state index contributed by atoms with van der Waals surface area (Å²) >= 11 is 1.51. The maximum absolute atomic E-state index is 12.9. The van der Waals surface area contributed by atoms with Crippen LogP contribution in [0.25, 0.3) is 0 Å². The number of thiophene rings is 1. The number of amides is 1. The predicted octanol–water partition coefficient (Wildman–Crippen LogP) is 3.51. The van der Waals surface area contributed by atoms with Gasteiger partial charge in [-0.2, -0.15) is 0 Å². The molecular formula is C19H14N2O4S. The predicted molar refractivity (Wildman–Crippen MR) is 94.5 cm³/mol. The van der Waals surface area contributed by atoms with Crippen molar-refractivity contribution in [3.05, 3.63) is 88.0 Å². The smallest absolute Gasteiger partial charge is 0.290 e. The molecule has 0 spiro atoms. The van der Waals surface area contributed by atoms with Gasteiger partial charge in [0.15, 0.2) is 11.5 Å². The molecule has 4 heterocycles. The average Bonchev–Trinajstić information content (AvgIpc) is 3.40. The highest BCUT2D eigenvalue weighted by molar-refractivity contribution is 7.09. The molecule has 26 heavy (non-hydrogen) atoms. The minimum absolute atomic E-state index is 0.0210. The molecule has 0 radical (unpaired) electrons. The number of aliphatic hydroxyl groups excluding tert-OH is 1. The summed E-state index contributed by atoms with van der Waals surface area (Å²) in [7, 11) is 0. The Morgan fingerprint density at radius 3 is 2.69 bits per heavy atom. The second-order valence-electron chi connectivity index (χ2n) is 5.76. The standard InChI is InChI=1S/C19H14N2O4S/c22-17(14-4-1-9-25-14)15-16(12-5-7-20-8-6-12)21(19(24)18(15)23)11-13-3-2-10-26-13/h1-10,16,23H,11H2. The first-order valence-electron chi connectivity index (χ1n) is 7.91. The minimum Gasteiger partial charge on any atom is -0.503 e. The van der Waals surface area contributed by atoms with E-state index in [2.05, 4.69) is 4.98 Å². The zero-order valence-electron chi connectivity index (χ0n) is 13.5. The van der Waals surface area contributed by atoms with Crippen molar-refractivity contribution in [1.29, 1.82) is 0 Å². The van der Waals surface area contributed by atoms with E-state index in [1.165, 1.54) is 28.6 Å². The van der Waals surface area contributed by atoms with Crippen molar-refractivity contribution in [1.82, 2.24) is 9.88 Å². The van der Waals surface area contributed by atoms with E-state index in [0.29, 0.717) is 12.1 Å². The molecule has 6 nitrogen and oxygen atoms in total. The first-order valence-corrected chi connectivity index (χ1v) is 8.79. The van der Waals surface area contributed by atoms with Crippen molar-refractivity contribution in [2.24, 2.45) is 0 Å². The van der Waals surface area contributed by atoms with E-state index in [1.807, 2.05) is 17.5 Å². The number of aromatic nitrogens is 1.